The number of methoxy groups -OCH3 is 1. The van der Waals surface area contributed by atoms with E-state index in [0.717, 1.165) is 75.3 Å². The summed E-state index contributed by atoms with van der Waals surface area (Å²) < 4.78 is 21.2. The van der Waals surface area contributed by atoms with Crippen LogP contribution in [-0.4, -0.2) is 209 Å². The number of carbonyl (C=O) groups excluding carboxylic acids is 7. The fourth-order valence-corrected chi connectivity index (χ4v) is 17.6. The van der Waals surface area contributed by atoms with Crippen LogP contribution in [-0.2, 0) is 42.9 Å². The Morgan fingerprint density at radius 1 is 0.351 bits per heavy atom. The number of nitrogens with zero attached hydrogens (tertiary/aromatic N) is 3. The lowest BCUT2D eigenvalue weighted by molar-refractivity contribution is -0.148. The van der Waals surface area contributed by atoms with Gasteiger partial charge in [0.15, 0.2) is 0 Å². The van der Waals surface area contributed by atoms with Crippen molar-refractivity contribution in [3.63, 3.8) is 0 Å². The van der Waals surface area contributed by atoms with Gasteiger partial charge < -0.3 is 76.1 Å². The van der Waals surface area contributed by atoms with Crippen LogP contribution in [0.2, 0.25) is 0 Å². The Labute approximate surface area is 799 Å². The highest BCUT2D eigenvalue weighted by atomic mass is 35.5. The number of carbonyl (C=O) groups is 8. The minimum absolute atomic E-state index is 0. The summed E-state index contributed by atoms with van der Waals surface area (Å²) in [6, 6.07) is 73.1. The molecule has 2 aliphatic carbocycles. The predicted octanol–water partition coefficient (Wildman–Crippen LogP) is 16.9. The second kappa shape index (κ2) is 55.3. The minimum Gasteiger partial charge on any atom is -0.480 e. The zero-order valence-corrected chi connectivity index (χ0v) is 80.3. The molecule has 3 aliphatic heterocycles. The topological polar surface area (TPSA) is 392 Å². The molecule has 16 atom stereocenters. The van der Waals surface area contributed by atoms with Gasteiger partial charge in [-0.2, -0.15) is 0 Å². The minimum atomic E-state index is -1.08. The third-order valence-corrected chi connectivity index (χ3v) is 24.3. The molecular formula is C106H140Cl2N6O20. The number of aliphatic hydroxyl groups is 6. The van der Waals surface area contributed by atoms with Crippen LogP contribution in [0.1, 0.15) is 245 Å². The summed E-state index contributed by atoms with van der Waals surface area (Å²) >= 11 is 9.53. The average Bonchev–Trinajstić information content (AvgIpc) is 0.812. The molecule has 0 radical (unpaired) electrons. The molecule has 7 unspecified atom stereocenters. The van der Waals surface area contributed by atoms with Crippen molar-refractivity contribution in [3.05, 3.63) is 287 Å². The van der Waals surface area contributed by atoms with Gasteiger partial charge in [-0.15, -0.1) is 23.2 Å². The first-order chi connectivity index (χ1) is 63.6. The summed E-state index contributed by atoms with van der Waals surface area (Å²) in [5.41, 5.74) is 6.06. The first-order valence-electron chi connectivity index (χ1n) is 46.2. The lowest BCUT2D eigenvalue weighted by Crippen LogP contribution is -2.56. The highest BCUT2D eigenvalue weighted by molar-refractivity contribution is 6.40. The molecule has 13 rings (SSSR count). The quantitative estimate of drug-likeness (QED) is 0.0171. The SMILES string of the molecule is CC(C)(C)OC(=O)N1CCC(c2ccccc2)CC1C(=O)N[C@@H](CO)[C@@H](O)c1ccccc1.CC(C)(C)OC(=O)N1CCC(c2ccccc2)CC1C(=O)O.COC(=O)C1CC(c2ccccc2)CCN1C(=O)OC(C)(C)C.ClCCl.O.O=C(N[C@@H](CO)[C@@H](O)c1ccccc1)C1CCC[C@H](c2ccccc2)C1.O=C(N[C@@H](CO)[C@@H](O)c1ccccc1)[C@H]1CCC[C@@H](c2ccccc2)C1. The van der Waals surface area contributed by atoms with Gasteiger partial charge in [0.25, 0.3) is 0 Å². The van der Waals surface area contributed by atoms with Crippen molar-refractivity contribution >= 4 is 71.1 Å². The van der Waals surface area contributed by atoms with Crippen LogP contribution in [0.25, 0.3) is 0 Å². The summed E-state index contributed by atoms with van der Waals surface area (Å²) in [7, 11) is 1.35. The van der Waals surface area contributed by atoms with Crippen molar-refractivity contribution < 1.29 is 98.5 Å². The molecule has 12 N–H and O–H groups in total. The number of halogens is 2. The number of piperidine rings is 3. The highest BCUT2D eigenvalue weighted by Gasteiger charge is 2.44. The normalized spacial score (nSPS) is 21.3. The summed E-state index contributed by atoms with van der Waals surface area (Å²) in [4.78, 5) is 104. The number of esters is 1. The van der Waals surface area contributed by atoms with Gasteiger partial charge >= 0.3 is 30.2 Å². The van der Waals surface area contributed by atoms with E-state index in [1.165, 1.54) is 38.5 Å². The van der Waals surface area contributed by atoms with E-state index in [9.17, 15) is 74.1 Å². The Balaban J connectivity index is 0.000000228. The van der Waals surface area contributed by atoms with E-state index in [-0.39, 0.29) is 65.4 Å². The standard InChI is InChI=1S/C26H34N2O5.2C22H27NO3.C18H25NO4.C17H23NO4.CH2Cl2.H2O/c1-26(2,3)33-25(32)28-15-14-20(18-10-6-4-7-11-18)16-22(28)24(31)27-21(17-29)23(30)19-12-8-5-9-13-19;2*24-15-20(21(25)17-10-5-2-6-11-17)23-22(26)19-13-7-12-18(14-19)16-8-3-1-4-9-16;1-18(2,3)23-17(21)19-11-10-14(12-15(19)16(20)22-4)13-8-6-5-7-9-13;1-17(2,3)22-16(21)18-10-9-13(11-14(18)15(19)20)12-7-5-4-6-8-12;2-1-3;/h4-13,20-23,29-30H,14-17H2,1-3H3,(H,27,31);2*1-6,8-11,18-21,24-25H,7,12-15H2,(H,23,26);5-9,14-15H,10-12H2,1-4H3;4-8,13-14H,9-11H2,1-3H3,(H,19,20);1H2;1H2/t20?,21-,22?,23-;18-,19?,20-,21-;18-,19+,20+,21+;;;;/m001..../s1. The largest absolute Gasteiger partial charge is 0.480 e. The molecule has 8 aromatic rings. The number of rotatable bonds is 22. The Bertz CT molecular complexity index is 4670. The van der Waals surface area contributed by atoms with Crippen molar-refractivity contribution in [3.8, 4) is 0 Å². The van der Waals surface area contributed by atoms with Crippen LogP contribution in [0, 0.1) is 11.8 Å². The molecule has 5 aliphatic rings. The van der Waals surface area contributed by atoms with Crippen LogP contribution >= 0.6 is 23.2 Å². The van der Waals surface area contributed by atoms with Crippen molar-refractivity contribution in [2.75, 3.05) is 51.9 Å². The molecule has 5 fully saturated rings. The number of aliphatic hydroxyl groups excluding tert-OH is 6. The van der Waals surface area contributed by atoms with Gasteiger partial charge in [-0.05, 0) is 213 Å². The summed E-state index contributed by atoms with van der Waals surface area (Å²) in [6.07, 6.45) is 6.76. The number of amides is 6. The molecule has 26 nitrogen and oxygen atoms in total. The van der Waals surface area contributed by atoms with E-state index in [1.54, 1.807) is 90.1 Å². The van der Waals surface area contributed by atoms with Gasteiger partial charge in [0, 0.05) is 31.5 Å². The van der Waals surface area contributed by atoms with Crippen molar-refractivity contribution in [1.29, 1.82) is 0 Å². The third kappa shape index (κ3) is 35.2. The van der Waals surface area contributed by atoms with E-state index in [0.29, 0.717) is 73.8 Å². The summed E-state index contributed by atoms with van der Waals surface area (Å²) in [6.45, 7) is 16.3. The highest BCUT2D eigenvalue weighted by Crippen LogP contribution is 2.41. The number of hydrogen-bond donors (Lipinski definition) is 10. The third-order valence-electron chi connectivity index (χ3n) is 24.3. The number of alkyl halides is 2. The zero-order chi connectivity index (χ0) is 96.8. The first kappa shape index (κ1) is 110. The van der Waals surface area contributed by atoms with Gasteiger partial charge in [0.2, 0.25) is 17.7 Å². The van der Waals surface area contributed by atoms with Gasteiger partial charge in [0.1, 0.15) is 53.2 Å². The number of aliphatic carboxylic acids is 1. The maximum atomic E-state index is 13.4. The van der Waals surface area contributed by atoms with E-state index in [2.05, 4.69) is 52.3 Å². The van der Waals surface area contributed by atoms with Crippen LogP contribution < -0.4 is 16.0 Å². The van der Waals surface area contributed by atoms with Crippen LogP contribution in [0.5, 0.6) is 0 Å². The van der Waals surface area contributed by atoms with Crippen molar-refractivity contribution in [2.24, 2.45) is 11.8 Å². The predicted molar refractivity (Wildman–Crippen MR) is 519 cm³/mol. The lowest BCUT2D eigenvalue weighted by atomic mass is 9.77. The molecule has 134 heavy (non-hydrogen) atoms. The molecule has 0 aromatic heterocycles. The van der Waals surface area contributed by atoms with Crippen LogP contribution in [0.15, 0.2) is 243 Å². The maximum absolute atomic E-state index is 13.4. The molecular weight excluding hydrogens is 1750 g/mol. The molecule has 28 heteroatoms. The Morgan fingerprint density at radius 2 is 0.582 bits per heavy atom. The number of ether oxygens (including phenoxy) is 4. The number of carboxylic acid groups (broad SMARTS) is 1. The van der Waals surface area contributed by atoms with Crippen LogP contribution in [0.3, 0.4) is 0 Å². The summed E-state index contributed by atoms with van der Waals surface area (Å²) in [5, 5.41) is 79.0. The number of carboxylic acids is 1. The van der Waals surface area contributed by atoms with E-state index >= 15 is 0 Å². The Kier molecular flexibility index (Phi) is 45.5. The maximum Gasteiger partial charge on any atom is 0.411 e. The Morgan fingerprint density at radius 3 is 0.836 bits per heavy atom. The molecule has 3 saturated heterocycles. The van der Waals surface area contributed by atoms with Crippen LogP contribution in [0.4, 0.5) is 14.4 Å². The molecule has 0 spiro atoms. The number of nitrogens with one attached hydrogen (secondary N) is 3. The molecule has 6 amide bonds. The zero-order valence-electron chi connectivity index (χ0n) is 78.8. The van der Waals surface area contributed by atoms with Crippen molar-refractivity contribution in [1.82, 2.24) is 30.7 Å². The van der Waals surface area contributed by atoms with Crippen molar-refractivity contribution in [2.45, 2.75) is 253 Å². The van der Waals surface area contributed by atoms with Gasteiger partial charge in [-0.25, -0.2) is 24.0 Å². The first-order valence-corrected chi connectivity index (χ1v) is 47.2. The second-order valence-electron chi connectivity index (χ2n) is 37.3. The second-order valence-corrected chi connectivity index (χ2v) is 38.1. The van der Waals surface area contributed by atoms with E-state index in [1.807, 2.05) is 178 Å². The van der Waals surface area contributed by atoms with E-state index < -0.39 is 114 Å². The number of likely N-dealkylation sites (tertiary alicyclic amines) is 3. The van der Waals surface area contributed by atoms with E-state index in [4.69, 9.17) is 42.1 Å². The molecule has 3 heterocycles. The Hall–Kier alpha value is -10.8. The number of benzene rings is 8. The summed E-state index contributed by atoms with van der Waals surface area (Å²) in [5.74, 6) is -0.804. The molecule has 2 saturated carbocycles. The number of hydrogen-bond acceptors (Lipinski definition) is 18. The smallest absolute Gasteiger partial charge is 0.411 e. The molecule has 8 aromatic carbocycles. The lowest BCUT2D eigenvalue weighted by Gasteiger charge is -2.40. The van der Waals surface area contributed by atoms with Gasteiger partial charge in [-0.3, -0.25) is 29.1 Å². The molecule has 0 bridgehead atoms. The van der Waals surface area contributed by atoms with Gasteiger partial charge in [-0.1, -0.05) is 255 Å². The fraction of sp³-hybridized carbons (Fsp3) is 0.472. The van der Waals surface area contributed by atoms with Gasteiger partial charge in [0.05, 0.1) is 50.4 Å². The fourth-order valence-electron chi connectivity index (χ4n) is 17.6. The molecule has 728 valence electrons. The monoisotopic (exact) mass is 1890 g/mol. The average molecular weight is 1890 g/mol.